The van der Waals surface area contributed by atoms with Crippen molar-refractivity contribution >= 4 is 39.9 Å². The number of hydrogen-bond donors (Lipinski definition) is 1. The van der Waals surface area contributed by atoms with E-state index in [4.69, 9.17) is 11.6 Å². The summed E-state index contributed by atoms with van der Waals surface area (Å²) in [6.07, 6.45) is 3.63. The lowest BCUT2D eigenvalue weighted by Gasteiger charge is -2.13. The first kappa shape index (κ1) is 19.8. The van der Waals surface area contributed by atoms with Crippen LogP contribution in [-0.4, -0.2) is 34.5 Å². The van der Waals surface area contributed by atoms with E-state index in [-0.39, 0.29) is 5.91 Å². The number of halogens is 1. The van der Waals surface area contributed by atoms with Crippen LogP contribution in [0.4, 0.5) is 11.5 Å². The van der Waals surface area contributed by atoms with E-state index in [1.807, 2.05) is 61.9 Å². The van der Waals surface area contributed by atoms with Crippen LogP contribution >= 0.6 is 11.6 Å². The molecular formula is C20H25ClN4O. The molecule has 0 aliphatic heterocycles. The molecule has 0 aliphatic carbocycles. The topological polar surface area (TPSA) is 50.2 Å². The average molecular weight is 373 g/mol. The van der Waals surface area contributed by atoms with Gasteiger partial charge in [0.15, 0.2) is 0 Å². The number of nitrogens with zero attached hydrogens (tertiary/aromatic N) is 3. The van der Waals surface area contributed by atoms with E-state index < -0.39 is 0 Å². The number of aromatic nitrogens is 2. The minimum absolute atomic E-state index is 0.0424. The quantitative estimate of drug-likeness (QED) is 0.711. The Labute approximate surface area is 159 Å². The Balaban J connectivity index is 0.00000117. The number of aryl methyl sites for hydroxylation is 1. The molecule has 5 nitrogen and oxygen atoms in total. The summed E-state index contributed by atoms with van der Waals surface area (Å²) in [7, 11) is 3.51. The van der Waals surface area contributed by atoms with Crippen molar-refractivity contribution in [3.05, 3.63) is 53.3 Å². The number of nitrogens with one attached hydrogen (secondary N) is 1. The van der Waals surface area contributed by atoms with Crippen LogP contribution in [0.1, 0.15) is 19.4 Å². The molecule has 26 heavy (non-hydrogen) atoms. The third-order valence-corrected chi connectivity index (χ3v) is 4.28. The van der Waals surface area contributed by atoms with Crippen LogP contribution in [-0.2, 0) is 11.3 Å². The molecule has 1 aromatic carbocycles. The van der Waals surface area contributed by atoms with E-state index in [0.717, 1.165) is 28.0 Å². The highest BCUT2D eigenvalue weighted by Gasteiger charge is 2.12. The van der Waals surface area contributed by atoms with Gasteiger partial charge in [-0.05, 0) is 30.7 Å². The molecule has 0 aliphatic rings. The largest absolute Gasteiger partial charge is 0.347 e. The minimum Gasteiger partial charge on any atom is -0.347 e. The van der Waals surface area contributed by atoms with Crippen molar-refractivity contribution in [1.29, 1.82) is 0 Å². The Morgan fingerprint density at radius 2 is 1.96 bits per heavy atom. The summed E-state index contributed by atoms with van der Waals surface area (Å²) in [5.74, 6) is 0.764. The second-order valence-electron chi connectivity index (χ2n) is 5.88. The standard InChI is InChI=1S/C18H19ClN4O.C2H6/c1-12-5-4-6-14(19)17(12)21-18-13-8-10-23(11-16(24)22(2)3)15(13)7-9-20-18;1-2/h4-10H,11H2,1-3H3,(H,20,21);1-2H3. The fourth-order valence-corrected chi connectivity index (χ4v) is 2.82. The maximum atomic E-state index is 12.0. The van der Waals surface area contributed by atoms with Crippen LogP contribution in [0.2, 0.25) is 5.02 Å². The molecule has 3 aromatic rings. The summed E-state index contributed by atoms with van der Waals surface area (Å²) >= 11 is 6.29. The molecule has 2 aromatic heterocycles. The normalized spacial score (nSPS) is 10.2. The summed E-state index contributed by atoms with van der Waals surface area (Å²) in [6.45, 7) is 6.29. The van der Waals surface area contributed by atoms with E-state index >= 15 is 0 Å². The maximum Gasteiger partial charge on any atom is 0.241 e. The van der Waals surface area contributed by atoms with Crippen LogP contribution in [0.3, 0.4) is 0 Å². The molecular weight excluding hydrogens is 348 g/mol. The van der Waals surface area contributed by atoms with Gasteiger partial charge >= 0.3 is 0 Å². The van der Waals surface area contributed by atoms with Crippen LogP contribution in [0, 0.1) is 6.92 Å². The van der Waals surface area contributed by atoms with Crippen molar-refractivity contribution in [1.82, 2.24) is 14.5 Å². The van der Waals surface area contributed by atoms with Gasteiger partial charge in [-0.15, -0.1) is 0 Å². The number of anilines is 2. The van der Waals surface area contributed by atoms with E-state index in [0.29, 0.717) is 11.6 Å². The summed E-state index contributed by atoms with van der Waals surface area (Å²) in [5, 5.41) is 4.92. The lowest BCUT2D eigenvalue weighted by molar-refractivity contribution is -0.129. The highest BCUT2D eigenvalue weighted by atomic mass is 35.5. The van der Waals surface area contributed by atoms with Gasteiger partial charge in [0, 0.05) is 31.9 Å². The number of rotatable bonds is 4. The highest BCUT2D eigenvalue weighted by molar-refractivity contribution is 6.33. The third-order valence-electron chi connectivity index (χ3n) is 3.97. The van der Waals surface area contributed by atoms with Gasteiger partial charge in [-0.3, -0.25) is 4.79 Å². The van der Waals surface area contributed by atoms with Gasteiger partial charge in [-0.25, -0.2) is 4.98 Å². The molecule has 0 saturated heterocycles. The predicted octanol–water partition coefficient (Wildman–Crippen LogP) is 4.86. The van der Waals surface area contributed by atoms with Gasteiger partial charge in [-0.1, -0.05) is 37.6 Å². The molecule has 0 unspecified atom stereocenters. The van der Waals surface area contributed by atoms with Gasteiger partial charge in [0.1, 0.15) is 12.4 Å². The minimum atomic E-state index is 0.0424. The smallest absolute Gasteiger partial charge is 0.241 e. The Morgan fingerprint density at radius 1 is 1.23 bits per heavy atom. The van der Waals surface area contributed by atoms with Crippen LogP contribution < -0.4 is 5.32 Å². The molecule has 0 fully saturated rings. The van der Waals surface area contributed by atoms with E-state index in [9.17, 15) is 4.79 Å². The van der Waals surface area contributed by atoms with Crippen molar-refractivity contribution in [2.24, 2.45) is 0 Å². The fraction of sp³-hybridized carbons (Fsp3) is 0.300. The molecule has 1 amide bonds. The van der Waals surface area contributed by atoms with Crippen molar-refractivity contribution in [2.75, 3.05) is 19.4 Å². The summed E-state index contributed by atoms with van der Waals surface area (Å²) in [5.41, 5.74) is 2.84. The SMILES string of the molecule is CC.Cc1cccc(Cl)c1Nc1nccc2c1ccn2CC(=O)N(C)C. The Hall–Kier alpha value is -2.53. The second-order valence-corrected chi connectivity index (χ2v) is 6.29. The molecule has 0 saturated carbocycles. The molecule has 2 heterocycles. The number of likely N-dealkylation sites (N-methyl/N-ethyl adjacent to an activating group) is 1. The van der Waals surface area contributed by atoms with Gasteiger partial charge < -0.3 is 14.8 Å². The monoisotopic (exact) mass is 372 g/mol. The fourth-order valence-electron chi connectivity index (χ4n) is 2.56. The molecule has 1 N–H and O–H groups in total. The van der Waals surface area contributed by atoms with Gasteiger partial charge in [0.05, 0.1) is 16.2 Å². The lowest BCUT2D eigenvalue weighted by atomic mass is 10.2. The van der Waals surface area contributed by atoms with Crippen LogP contribution in [0.25, 0.3) is 10.9 Å². The summed E-state index contributed by atoms with van der Waals surface area (Å²) < 4.78 is 1.92. The molecule has 0 atom stereocenters. The van der Waals surface area contributed by atoms with E-state index in [1.165, 1.54) is 0 Å². The number of amides is 1. The van der Waals surface area contributed by atoms with E-state index in [2.05, 4.69) is 10.3 Å². The molecule has 0 bridgehead atoms. The van der Waals surface area contributed by atoms with Crippen molar-refractivity contribution in [3.8, 4) is 0 Å². The Kier molecular flexibility index (Phi) is 6.64. The van der Waals surface area contributed by atoms with E-state index in [1.54, 1.807) is 25.2 Å². The highest BCUT2D eigenvalue weighted by Crippen LogP contribution is 2.31. The average Bonchev–Trinajstić information content (AvgIpc) is 3.04. The molecule has 0 radical (unpaired) electrons. The zero-order valence-corrected chi connectivity index (χ0v) is 16.6. The number of pyridine rings is 1. The number of benzene rings is 1. The van der Waals surface area contributed by atoms with Crippen molar-refractivity contribution in [3.63, 3.8) is 0 Å². The van der Waals surface area contributed by atoms with Crippen molar-refractivity contribution in [2.45, 2.75) is 27.3 Å². The van der Waals surface area contributed by atoms with Crippen molar-refractivity contribution < 1.29 is 4.79 Å². The zero-order valence-electron chi connectivity index (χ0n) is 15.9. The molecule has 3 rings (SSSR count). The number of para-hydroxylation sites is 1. The number of carbonyl (C=O) groups is 1. The lowest BCUT2D eigenvalue weighted by Crippen LogP contribution is -2.25. The first-order valence-corrected chi connectivity index (χ1v) is 9.01. The van der Waals surface area contributed by atoms with Crippen LogP contribution in [0.15, 0.2) is 42.7 Å². The van der Waals surface area contributed by atoms with Gasteiger partial charge in [0.25, 0.3) is 0 Å². The molecule has 0 spiro atoms. The first-order chi connectivity index (χ1) is 12.5. The molecule has 138 valence electrons. The third kappa shape index (κ3) is 4.17. The molecule has 6 heteroatoms. The second kappa shape index (κ2) is 8.72. The van der Waals surface area contributed by atoms with Crippen LogP contribution in [0.5, 0.6) is 0 Å². The number of fused-ring (bicyclic) bond motifs is 1. The maximum absolute atomic E-state index is 12.0. The van der Waals surface area contributed by atoms with Gasteiger partial charge in [0.2, 0.25) is 5.91 Å². The number of hydrogen-bond acceptors (Lipinski definition) is 3. The zero-order chi connectivity index (χ0) is 19.3. The summed E-state index contributed by atoms with van der Waals surface area (Å²) in [6, 6.07) is 9.62. The predicted molar refractivity (Wildman–Crippen MR) is 109 cm³/mol. The first-order valence-electron chi connectivity index (χ1n) is 8.63. The Bertz CT molecular complexity index is 882. The number of carbonyl (C=O) groups excluding carboxylic acids is 1. The summed E-state index contributed by atoms with van der Waals surface area (Å²) in [4.78, 5) is 18.0. The Morgan fingerprint density at radius 3 is 2.62 bits per heavy atom. The van der Waals surface area contributed by atoms with Gasteiger partial charge in [-0.2, -0.15) is 0 Å².